The van der Waals surface area contributed by atoms with Crippen LogP contribution in [0, 0.1) is 12.3 Å². The molecule has 2 saturated heterocycles. The quantitative estimate of drug-likeness (QED) is 0.703. The van der Waals surface area contributed by atoms with Crippen LogP contribution in [-0.2, 0) is 11.3 Å². The number of anilines is 2. The van der Waals surface area contributed by atoms with E-state index in [0.29, 0.717) is 29.9 Å². The number of nitrogen functional groups attached to an aromatic ring is 1. The smallest absolute Gasteiger partial charge is 0.338 e. The molecular weight excluding hydrogens is 406 g/mol. The van der Waals surface area contributed by atoms with Crippen molar-refractivity contribution < 1.29 is 14.6 Å². The van der Waals surface area contributed by atoms with E-state index in [1.165, 1.54) is 0 Å². The number of fused-ring (bicyclic) bond motifs is 1. The molecule has 5 rings (SSSR count). The number of ether oxygens (including phenoxy) is 1. The van der Waals surface area contributed by atoms with Crippen molar-refractivity contribution in [2.45, 2.75) is 45.3 Å². The molecule has 3 aliphatic heterocycles. The van der Waals surface area contributed by atoms with Crippen LogP contribution in [0.5, 0.6) is 0 Å². The number of benzene rings is 1. The third-order valence-corrected chi connectivity index (χ3v) is 7.70. The lowest BCUT2D eigenvalue weighted by atomic mass is 9.71. The predicted octanol–water partition coefficient (Wildman–Crippen LogP) is 2.45. The number of nitrogens with zero attached hydrogens (tertiary/aromatic N) is 4. The Balaban J connectivity index is 1.16. The molecule has 0 bridgehead atoms. The van der Waals surface area contributed by atoms with Gasteiger partial charge in [-0.15, -0.1) is 0 Å². The molecule has 0 saturated carbocycles. The first-order valence-corrected chi connectivity index (χ1v) is 11.5. The largest absolute Gasteiger partial charge is 0.457 e. The molecule has 0 amide bonds. The fourth-order valence-corrected chi connectivity index (χ4v) is 5.51. The molecule has 3 aliphatic rings. The highest BCUT2D eigenvalue weighted by Gasteiger charge is 2.38. The maximum atomic E-state index is 11.8. The molecule has 1 spiro atoms. The Labute approximate surface area is 188 Å². The summed E-state index contributed by atoms with van der Waals surface area (Å²) in [5.41, 5.74) is 9.61. The van der Waals surface area contributed by atoms with Gasteiger partial charge in [0.05, 0.1) is 24.1 Å². The number of aliphatic hydroxyl groups excluding tert-OH is 1. The summed E-state index contributed by atoms with van der Waals surface area (Å²) in [5.74, 6) is 1.07. The molecule has 2 aromatic rings. The number of likely N-dealkylation sites (tertiary alicyclic amines) is 1. The Morgan fingerprint density at radius 3 is 2.59 bits per heavy atom. The van der Waals surface area contributed by atoms with Gasteiger partial charge in [-0.05, 0) is 68.3 Å². The normalized spacial score (nSPS) is 21.4. The second kappa shape index (κ2) is 8.33. The van der Waals surface area contributed by atoms with Crippen molar-refractivity contribution >= 4 is 17.6 Å². The number of piperidine rings is 2. The predicted molar refractivity (Wildman–Crippen MR) is 121 cm³/mol. The van der Waals surface area contributed by atoms with Gasteiger partial charge in [0.25, 0.3) is 0 Å². The molecule has 170 valence electrons. The van der Waals surface area contributed by atoms with Crippen LogP contribution in [0.2, 0.25) is 0 Å². The number of carbonyl (C=O) groups excluding carboxylic acids is 1. The van der Waals surface area contributed by atoms with Crippen LogP contribution >= 0.6 is 0 Å². The number of aliphatic hydroxyl groups is 1. The molecule has 0 unspecified atom stereocenters. The number of rotatable bonds is 4. The summed E-state index contributed by atoms with van der Waals surface area (Å²) < 4.78 is 5.15. The van der Waals surface area contributed by atoms with Gasteiger partial charge in [-0.3, -0.25) is 4.98 Å². The number of esters is 1. The van der Waals surface area contributed by atoms with Crippen LogP contribution < -0.4 is 10.6 Å². The molecule has 0 radical (unpaired) electrons. The maximum Gasteiger partial charge on any atom is 0.338 e. The van der Waals surface area contributed by atoms with E-state index in [1.807, 2.05) is 13.0 Å². The second-order valence-corrected chi connectivity index (χ2v) is 9.49. The molecule has 3 N–H and O–H groups in total. The van der Waals surface area contributed by atoms with Crippen molar-refractivity contribution in [1.29, 1.82) is 0 Å². The average molecular weight is 438 g/mol. The average Bonchev–Trinajstić information content (AvgIpc) is 3.18. The fraction of sp³-hybridized carbons (Fsp3) is 0.542. The van der Waals surface area contributed by atoms with Crippen LogP contribution in [0.15, 0.2) is 24.5 Å². The fourth-order valence-electron chi connectivity index (χ4n) is 5.51. The Morgan fingerprint density at radius 1 is 1.16 bits per heavy atom. The van der Waals surface area contributed by atoms with Gasteiger partial charge < -0.3 is 25.4 Å². The van der Waals surface area contributed by atoms with Crippen molar-refractivity contribution in [3.63, 3.8) is 0 Å². The number of hydrogen-bond acceptors (Lipinski definition) is 8. The molecule has 8 nitrogen and oxygen atoms in total. The Morgan fingerprint density at radius 2 is 1.88 bits per heavy atom. The van der Waals surface area contributed by atoms with E-state index in [4.69, 9.17) is 10.5 Å². The first kappa shape index (κ1) is 21.2. The van der Waals surface area contributed by atoms with Crippen molar-refractivity contribution in [1.82, 2.24) is 14.9 Å². The van der Waals surface area contributed by atoms with E-state index in [9.17, 15) is 9.90 Å². The van der Waals surface area contributed by atoms with E-state index in [-0.39, 0.29) is 5.97 Å². The van der Waals surface area contributed by atoms with E-state index in [2.05, 4.69) is 19.8 Å². The first-order valence-electron chi connectivity index (χ1n) is 11.5. The minimum atomic E-state index is -0.561. The lowest BCUT2D eigenvalue weighted by Crippen LogP contribution is -2.47. The molecular formula is C24H31N5O3. The van der Waals surface area contributed by atoms with Gasteiger partial charge in [-0.1, -0.05) is 6.07 Å². The van der Waals surface area contributed by atoms with Crippen molar-refractivity contribution in [2.24, 2.45) is 5.41 Å². The van der Waals surface area contributed by atoms with Crippen molar-refractivity contribution in [2.75, 3.05) is 43.4 Å². The highest BCUT2D eigenvalue weighted by Crippen LogP contribution is 2.42. The van der Waals surface area contributed by atoms with Gasteiger partial charge in [0, 0.05) is 25.2 Å². The van der Waals surface area contributed by atoms with Crippen LogP contribution in [0.1, 0.15) is 58.8 Å². The van der Waals surface area contributed by atoms with E-state index >= 15 is 0 Å². The van der Waals surface area contributed by atoms with E-state index < -0.39 is 6.10 Å². The molecule has 32 heavy (non-hydrogen) atoms. The van der Waals surface area contributed by atoms with Crippen molar-refractivity contribution in [3.05, 3.63) is 46.8 Å². The number of cyclic esters (lactones) is 1. The Bertz CT molecular complexity index is 1010. The third kappa shape index (κ3) is 3.93. The highest BCUT2D eigenvalue weighted by molar-refractivity contribution is 5.93. The second-order valence-electron chi connectivity index (χ2n) is 9.49. The summed E-state index contributed by atoms with van der Waals surface area (Å²) in [6.07, 6.45) is 7.42. The van der Waals surface area contributed by atoms with E-state index in [0.717, 1.165) is 74.4 Å². The summed E-state index contributed by atoms with van der Waals surface area (Å²) in [7, 11) is 0. The molecule has 2 fully saturated rings. The highest BCUT2D eigenvalue weighted by atomic mass is 16.5. The van der Waals surface area contributed by atoms with Crippen molar-refractivity contribution in [3.8, 4) is 0 Å². The molecule has 4 heterocycles. The zero-order chi connectivity index (χ0) is 22.3. The number of aromatic nitrogens is 2. The van der Waals surface area contributed by atoms with Crippen LogP contribution in [0.25, 0.3) is 0 Å². The number of nitrogens with two attached hydrogens (primary N) is 1. The monoisotopic (exact) mass is 437 g/mol. The third-order valence-electron chi connectivity index (χ3n) is 7.70. The van der Waals surface area contributed by atoms with Gasteiger partial charge in [-0.25, -0.2) is 9.78 Å². The number of β-amino-alcohol motifs (C(OH)–C–C–N with tert-alkyl or cyclic N) is 1. The lowest BCUT2D eigenvalue weighted by molar-refractivity contribution is 0.0447. The SMILES string of the molecule is Cc1c([C@@H](O)CN2CCC3(CC2)CCN(c2cncc(N)n2)CC3)ccc2c1COC2=O. The van der Waals surface area contributed by atoms with Gasteiger partial charge in [0.2, 0.25) is 0 Å². The Kier molecular flexibility index (Phi) is 5.51. The lowest BCUT2D eigenvalue weighted by Gasteiger charge is -2.47. The Hall–Kier alpha value is -2.71. The summed E-state index contributed by atoms with van der Waals surface area (Å²) in [6.45, 7) is 6.87. The van der Waals surface area contributed by atoms with E-state index in [1.54, 1.807) is 18.5 Å². The topological polar surface area (TPSA) is 105 Å². The molecule has 0 aliphatic carbocycles. The van der Waals surface area contributed by atoms with Gasteiger partial charge >= 0.3 is 5.97 Å². The minimum absolute atomic E-state index is 0.265. The van der Waals surface area contributed by atoms with Crippen LogP contribution in [0.3, 0.4) is 0 Å². The van der Waals surface area contributed by atoms with Gasteiger partial charge in [-0.2, -0.15) is 0 Å². The number of carbonyl (C=O) groups is 1. The first-order chi connectivity index (χ1) is 15.4. The minimum Gasteiger partial charge on any atom is -0.457 e. The standard InChI is InChI=1S/C24H31N5O3/c1-16-17(2-3-18-19(16)15-32-23(18)31)20(30)14-28-8-4-24(5-9-28)6-10-29(11-7-24)22-13-26-12-21(25)27-22/h2-3,12-13,20,30H,4-11,14-15H2,1H3,(H2,25,27)/t20-/m0/s1. The summed E-state index contributed by atoms with van der Waals surface area (Å²) >= 11 is 0. The summed E-state index contributed by atoms with van der Waals surface area (Å²) in [6, 6.07) is 3.67. The van der Waals surface area contributed by atoms with Gasteiger partial charge in [0.1, 0.15) is 18.2 Å². The van der Waals surface area contributed by atoms with Gasteiger partial charge in [0.15, 0.2) is 0 Å². The molecule has 8 heteroatoms. The zero-order valence-electron chi connectivity index (χ0n) is 18.6. The summed E-state index contributed by atoms with van der Waals surface area (Å²) in [5, 5.41) is 10.9. The maximum absolute atomic E-state index is 11.8. The molecule has 1 aromatic carbocycles. The van der Waals surface area contributed by atoms with Crippen LogP contribution in [-0.4, -0.2) is 58.7 Å². The summed E-state index contributed by atoms with van der Waals surface area (Å²) in [4.78, 5) is 25.0. The van der Waals surface area contributed by atoms with Crippen LogP contribution in [0.4, 0.5) is 11.6 Å². The number of hydrogen-bond donors (Lipinski definition) is 2. The zero-order valence-corrected chi connectivity index (χ0v) is 18.6. The molecule has 1 aromatic heterocycles. The molecule has 1 atom stereocenters.